The van der Waals surface area contributed by atoms with Gasteiger partial charge in [-0.1, -0.05) is 38.1 Å². The van der Waals surface area contributed by atoms with Crippen molar-refractivity contribution in [3.63, 3.8) is 0 Å². The van der Waals surface area contributed by atoms with E-state index >= 15 is 0 Å². The van der Waals surface area contributed by atoms with Crippen molar-refractivity contribution in [2.24, 2.45) is 0 Å². The second-order valence-corrected chi connectivity index (χ2v) is 5.80. The molecule has 0 unspecified atom stereocenters. The lowest BCUT2D eigenvalue weighted by Crippen LogP contribution is -2.39. The minimum absolute atomic E-state index is 0.131. The largest absolute Gasteiger partial charge is 0.497 e. The molecule has 0 bridgehead atoms. The van der Waals surface area contributed by atoms with Crippen LogP contribution in [0.15, 0.2) is 36.4 Å². The summed E-state index contributed by atoms with van der Waals surface area (Å²) >= 11 is 0. The fourth-order valence-electron chi connectivity index (χ4n) is 2.45. The lowest BCUT2D eigenvalue weighted by molar-refractivity contribution is -0.131. The third kappa shape index (κ3) is 3.35. The quantitative estimate of drug-likeness (QED) is 0.918. The minimum atomic E-state index is -3.00. The molecule has 5 heteroatoms. The van der Waals surface area contributed by atoms with Gasteiger partial charge in [0.15, 0.2) is 0 Å². The van der Waals surface area contributed by atoms with Gasteiger partial charge >= 0.3 is 6.43 Å². The van der Waals surface area contributed by atoms with Gasteiger partial charge in [-0.05, 0) is 28.5 Å². The second kappa shape index (κ2) is 6.30. The maximum atomic E-state index is 12.3. The number of rotatable bonds is 5. The average Bonchev–Trinajstić information content (AvgIpc) is 2.51. The number of carbonyl (C=O) groups is 1. The van der Waals surface area contributed by atoms with Gasteiger partial charge in [0.05, 0.1) is 7.11 Å². The van der Waals surface area contributed by atoms with Crippen LogP contribution < -0.4 is 10.1 Å². The van der Waals surface area contributed by atoms with E-state index in [-0.39, 0.29) is 6.54 Å². The molecule has 2 aromatic rings. The molecule has 0 aliphatic heterocycles. The molecule has 0 aromatic heterocycles. The van der Waals surface area contributed by atoms with Crippen molar-refractivity contribution in [3.8, 4) is 5.75 Å². The van der Waals surface area contributed by atoms with E-state index in [1.807, 2.05) is 50.2 Å². The molecule has 0 atom stereocenters. The summed E-state index contributed by atoms with van der Waals surface area (Å²) in [4.78, 5) is 11.1. The summed E-state index contributed by atoms with van der Waals surface area (Å²) in [7, 11) is 1.60. The standard InChI is InChI=1S/C17H19F2NO2/c1-17(2,10-20-16(21)15(18)19)14-6-4-5-11-7-8-12(22-3)9-13(11)14/h4-9,15H,10H2,1-3H3,(H,20,21). The molecule has 0 aliphatic rings. The Morgan fingerprint density at radius 1 is 1.27 bits per heavy atom. The molecule has 1 N–H and O–H groups in total. The van der Waals surface area contributed by atoms with Crippen LogP contribution in [0.4, 0.5) is 8.78 Å². The van der Waals surface area contributed by atoms with Crippen LogP contribution in [0.3, 0.4) is 0 Å². The van der Waals surface area contributed by atoms with Gasteiger partial charge in [0.2, 0.25) is 0 Å². The van der Waals surface area contributed by atoms with Crippen molar-refractivity contribution in [2.45, 2.75) is 25.7 Å². The van der Waals surface area contributed by atoms with E-state index < -0.39 is 17.7 Å². The molecule has 118 valence electrons. The van der Waals surface area contributed by atoms with E-state index in [2.05, 4.69) is 5.32 Å². The molecule has 0 spiro atoms. The Morgan fingerprint density at radius 2 is 2.00 bits per heavy atom. The Morgan fingerprint density at radius 3 is 2.64 bits per heavy atom. The Kier molecular flexibility index (Phi) is 4.64. The van der Waals surface area contributed by atoms with E-state index in [0.717, 1.165) is 22.1 Å². The molecule has 3 nitrogen and oxygen atoms in total. The number of amides is 1. The normalized spacial score (nSPS) is 11.7. The highest BCUT2D eigenvalue weighted by Gasteiger charge is 2.25. The number of nitrogens with one attached hydrogen (secondary N) is 1. The maximum absolute atomic E-state index is 12.3. The summed E-state index contributed by atoms with van der Waals surface area (Å²) in [5, 5.41) is 4.31. The summed E-state index contributed by atoms with van der Waals surface area (Å²) in [6, 6.07) is 11.6. The van der Waals surface area contributed by atoms with Crippen LogP contribution in [-0.4, -0.2) is 26.0 Å². The lowest BCUT2D eigenvalue weighted by Gasteiger charge is -2.27. The van der Waals surface area contributed by atoms with Gasteiger partial charge in [0, 0.05) is 12.0 Å². The smallest absolute Gasteiger partial charge is 0.315 e. The zero-order valence-corrected chi connectivity index (χ0v) is 12.8. The van der Waals surface area contributed by atoms with Crippen LogP contribution >= 0.6 is 0 Å². The number of fused-ring (bicyclic) bond motifs is 1. The van der Waals surface area contributed by atoms with Gasteiger partial charge in [-0.2, -0.15) is 8.78 Å². The van der Waals surface area contributed by atoms with Gasteiger partial charge in [-0.3, -0.25) is 4.79 Å². The number of benzene rings is 2. The van der Waals surface area contributed by atoms with Crippen molar-refractivity contribution < 1.29 is 18.3 Å². The van der Waals surface area contributed by atoms with Gasteiger partial charge < -0.3 is 10.1 Å². The Bertz CT molecular complexity index is 683. The Labute approximate surface area is 128 Å². The summed E-state index contributed by atoms with van der Waals surface area (Å²) in [6.07, 6.45) is -3.00. The number of hydrogen-bond donors (Lipinski definition) is 1. The first-order chi connectivity index (χ1) is 10.3. The fourth-order valence-corrected chi connectivity index (χ4v) is 2.45. The molecule has 0 saturated carbocycles. The molecular weight excluding hydrogens is 288 g/mol. The molecular formula is C17H19F2NO2. The van der Waals surface area contributed by atoms with Crippen molar-refractivity contribution in [2.75, 3.05) is 13.7 Å². The SMILES string of the molecule is COc1ccc2cccc(C(C)(C)CNC(=O)C(F)F)c2c1. The van der Waals surface area contributed by atoms with Gasteiger partial charge in [0.1, 0.15) is 5.75 Å². The zero-order chi connectivity index (χ0) is 16.3. The van der Waals surface area contributed by atoms with Crippen LogP contribution in [0.5, 0.6) is 5.75 Å². The first-order valence-electron chi connectivity index (χ1n) is 6.98. The van der Waals surface area contributed by atoms with E-state index in [1.54, 1.807) is 7.11 Å². The number of methoxy groups -OCH3 is 1. The van der Waals surface area contributed by atoms with E-state index in [1.165, 1.54) is 0 Å². The van der Waals surface area contributed by atoms with Crippen molar-refractivity contribution >= 4 is 16.7 Å². The number of halogens is 2. The predicted molar refractivity (Wildman–Crippen MR) is 82.5 cm³/mol. The highest BCUT2D eigenvalue weighted by atomic mass is 19.3. The average molecular weight is 307 g/mol. The third-order valence-corrected chi connectivity index (χ3v) is 3.72. The second-order valence-electron chi connectivity index (χ2n) is 5.80. The van der Waals surface area contributed by atoms with Crippen LogP contribution in [0.25, 0.3) is 10.8 Å². The van der Waals surface area contributed by atoms with E-state index in [0.29, 0.717) is 0 Å². The van der Waals surface area contributed by atoms with Crippen LogP contribution in [0.2, 0.25) is 0 Å². The molecule has 0 saturated heterocycles. The summed E-state index contributed by atoms with van der Waals surface area (Å²) in [5.41, 5.74) is 0.481. The molecule has 0 aliphatic carbocycles. The molecule has 1 amide bonds. The first-order valence-corrected chi connectivity index (χ1v) is 6.98. The highest BCUT2D eigenvalue weighted by molar-refractivity contribution is 5.88. The van der Waals surface area contributed by atoms with E-state index in [4.69, 9.17) is 4.74 Å². The van der Waals surface area contributed by atoms with Crippen LogP contribution in [-0.2, 0) is 10.2 Å². The molecule has 0 fully saturated rings. The maximum Gasteiger partial charge on any atom is 0.315 e. The zero-order valence-electron chi connectivity index (χ0n) is 12.8. The summed E-state index contributed by atoms with van der Waals surface area (Å²) in [5.74, 6) is -0.516. The number of alkyl halides is 2. The van der Waals surface area contributed by atoms with Crippen molar-refractivity contribution in [3.05, 3.63) is 42.0 Å². The summed E-state index contributed by atoms with van der Waals surface area (Å²) in [6.45, 7) is 3.95. The predicted octanol–water partition coefficient (Wildman–Crippen LogP) is 3.51. The Balaban J connectivity index is 2.37. The Hall–Kier alpha value is -2.17. The molecule has 2 aromatic carbocycles. The fraction of sp³-hybridized carbons (Fsp3) is 0.353. The molecule has 0 radical (unpaired) electrons. The highest BCUT2D eigenvalue weighted by Crippen LogP contribution is 2.32. The van der Waals surface area contributed by atoms with Crippen molar-refractivity contribution in [1.29, 1.82) is 0 Å². The number of carbonyl (C=O) groups excluding carboxylic acids is 1. The van der Waals surface area contributed by atoms with Gasteiger partial charge in [-0.25, -0.2) is 0 Å². The summed E-state index contributed by atoms with van der Waals surface area (Å²) < 4.78 is 29.9. The van der Waals surface area contributed by atoms with Gasteiger partial charge in [0.25, 0.3) is 5.91 Å². The number of hydrogen-bond acceptors (Lipinski definition) is 2. The monoisotopic (exact) mass is 307 g/mol. The lowest BCUT2D eigenvalue weighted by atomic mass is 9.81. The van der Waals surface area contributed by atoms with Crippen LogP contribution in [0, 0.1) is 0 Å². The van der Waals surface area contributed by atoms with E-state index in [9.17, 15) is 13.6 Å². The third-order valence-electron chi connectivity index (χ3n) is 3.72. The topological polar surface area (TPSA) is 38.3 Å². The minimum Gasteiger partial charge on any atom is -0.497 e. The van der Waals surface area contributed by atoms with Gasteiger partial charge in [-0.15, -0.1) is 0 Å². The molecule has 22 heavy (non-hydrogen) atoms. The number of ether oxygens (including phenoxy) is 1. The molecule has 0 heterocycles. The first kappa shape index (κ1) is 16.2. The molecule has 2 rings (SSSR count). The van der Waals surface area contributed by atoms with Crippen LogP contribution in [0.1, 0.15) is 19.4 Å². The van der Waals surface area contributed by atoms with Crippen molar-refractivity contribution in [1.82, 2.24) is 5.32 Å².